The Labute approximate surface area is 147 Å². The van der Waals surface area contributed by atoms with Crippen LogP contribution in [0.4, 0.5) is 11.5 Å². The molecule has 3 rings (SSSR count). The van der Waals surface area contributed by atoms with Gasteiger partial charge in [-0.3, -0.25) is 9.59 Å². The van der Waals surface area contributed by atoms with Crippen LogP contribution in [0.2, 0.25) is 0 Å². The molecule has 1 saturated heterocycles. The largest absolute Gasteiger partial charge is 0.370 e. The molecule has 0 bridgehead atoms. The van der Waals surface area contributed by atoms with E-state index in [2.05, 4.69) is 20.2 Å². The van der Waals surface area contributed by atoms with Crippen molar-refractivity contribution < 1.29 is 9.59 Å². The fraction of sp³-hybridized carbons (Fsp3) is 0.421. The van der Waals surface area contributed by atoms with Crippen molar-refractivity contribution in [1.82, 2.24) is 9.97 Å². The average molecular weight is 340 g/mol. The average Bonchev–Trinajstić information content (AvgIpc) is 2.91. The molecule has 0 saturated carbocycles. The number of H-pyrrole nitrogens is 1. The summed E-state index contributed by atoms with van der Waals surface area (Å²) in [6.45, 7) is 7.20. The molecule has 0 aromatic carbocycles. The van der Waals surface area contributed by atoms with E-state index in [1.807, 2.05) is 12.1 Å². The minimum absolute atomic E-state index is 0.0469. The second-order valence-electron chi connectivity index (χ2n) is 6.58. The van der Waals surface area contributed by atoms with E-state index in [0.29, 0.717) is 28.3 Å². The Morgan fingerprint density at radius 2 is 1.88 bits per heavy atom. The first-order chi connectivity index (χ1) is 12.0. The number of rotatable bonds is 4. The van der Waals surface area contributed by atoms with Crippen LogP contribution in [0.15, 0.2) is 18.3 Å². The van der Waals surface area contributed by atoms with E-state index in [4.69, 9.17) is 0 Å². The van der Waals surface area contributed by atoms with Crippen LogP contribution in [0.5, 0.6) is 0 Å². The molecule has 0 spiro atoms. The summed E-state index contributed by atoms with van der Waals surface area (Å²) in [4.78, 5) is 33.9. The first-order valence-corrected chi connectivity index (χ1v) is 8.70. The topological polar surface area (TPSA) is 78.1 Å². The predicted octanol–water partition coefficient (Wildman–Crippen LogP) is 3.47. The Balaban J connectivity index is 1.73. The number of ketones is 1. The maximum Gasteiger partial charge on any atom is 0.273 e. The molecule has 132 valence electrons. The van der Waals surface area contributed by atoms with Gasteiger partial charge in [0.05, 0.1) is 11.9 Å². The molecule has 0 radical (unpaired) electrons. The summed E-state index contributed by atoms with van der Waals surface area (Å²) in [7, 11) is 0. The molecule has 1 aliphatic rings. The highest BCUT2D eigenvalue weighted by molar-refractivity contribution is 6.07. The van der Waals surface area contributed by atoms with Gasteiger partial charge in [0, 0.05) is 24.3 Å². The van der Waals surface area contributed by atoms with Crippen LogP contribution in [-0.2, 0) is 0 Å². The molecule has 2 aromatic heterocycles. The summed E-state index contributed by atoms with van der Waals surface area (Å²) in [5.74, 6) is 0.169. The first kappa shape index (κ1) is 17.2. The second-order valence-corrected chi connectivity index (χ2v) is 6.58. The number of anilines is 2. The molecule has 1 amide bonds. The van der Waals surface area contributed by atoms with Gasteiger partial charge in [-0.05, 0) is 57.7 Å². The van der Waals surface area contributed by atoms with Gasteiger partial charge < -0.3 is 15.2 Å². The van der Waals surface area contributed by atoms with Crippen LogP contribution in [0.3, 0.4) is 0 Å². The summed E-state index contributed by atoms with van der Waals surface area (Å²) in [5, 5.41) is 2.80. The minimum atomic E-state index is -0.286. The molecule has 3 heterocycles. The van der Waals surface area contributed by atoms with Crippen LogP contribution >= 0.6 is 0 Å². The van der Waals surface area contributed by atoms with Crippen molar-refractivity contribution in [3.8, 4) is 0 Å². The van der Waals surface area contributed by atoms with Gasteiger partial charge in [0.25, 0.3) is 5.91 Å². The summed E-state index contributed by atoms with van der Waals surface area (Å²) >= 11 is 0. The lowest BCUT2D eigenvalue weighted by Crippen LogP contribution is -2.29. The van der Waals surface area contributed by atoms with Gasteiger partial charge in [-0.15, -0.1) is 0 Å². The van der Waals surface area contributed by atoms with Crippen LogP contribution in [0, 0.1) is 13.8 Å². The normalized spacial score (nSPS) is 14.4. The molecule has 0 aliphatic carbocycles. The zero-order valence-electron chi connectivity index (χ0n) is 15.0. The molecule has 0 atom stereocenters. The Morgan fingerprint density at radius 1 is 1.16 bits per heavy atom. The van der Waals surface area contributed by atoms with Crippen molar-refractivity contribution in [1.29, 1.82) is 0 Å². The van der Waals surface area contributed by atoms with Crippen LogP contribution in [0.25, 0.3) is 0 Å². The van der Waals surface area contributed by atoms with E-state index in [9.17, 15) is 9.59 Å². The molecule has 6 nitrogen and oxygen atoms in total. The zero-order valence-corrected chi connectivity index (χ0v) is 15.0. The molecule has 1 aliphatic heterocycles. The lowest BCUT2D eigenvalue weighted by Gasteiger charge is -2.28. The Bertz CT molecular complexity index is 787. The summed E-state index contributed by atoms with van der Waals surface area (Å²) < 4.78 is 0. The molecule has 1 fully saturated rings. The third kappa shape index (κ3) is 3.57. The lowest BCUT2D eigenvalue weighted by molar-refractivity contribution is 0.101. The number of aromatic amines is 1. The molecule has 25 heavy (non-hydrogen) atoms. The van der Waals surface area contributed by atoms with Crippen molar-refractivity contribution >= 4 is 23.2 Å². The van der Waals surface area contributed by atoms with E-state index in [0.717, 1.165) is 18.8 Å². The fourth-order valence-electron chi connectivity index (χ4n) is 3.48. The number of piperidine rings is 1. The van der Waals surface area contributed by atoms with E-state index in [1.54, 1.807) is 20.0 Å². The quantitative estimate of drug-likeness (QED) is 0.836. The standard InChI is InChI=1S/C19H24N4O2/c1-12-17(14(3)24)13(2)21-18(12)19(25)22-16-8-7-15(11-20-16)23-9-5-4-6-10-23/h7-8,11,21H,4-6,9-10H2,1-3H3,(H,20,22,25). The number of hydrogen-bond acceptors (Lipinski definition) is 4. The van der Waals surface area contributed by atoms with Crippen molar-refractivity contribution in [2.75, 3.05) is 23.3 Å². The molecular formula is C19H24N4O2. The second kappa shape index (κ2) is 7.09. The van der Waals surface area contributed by atoms with Gasteiger partial charge in [-0.1, -0.05) is 0 Å². The van der Waals surface area contributed by atoms with Crippen molar-refractivity contribution in [2.24, 2.45) is 0 Å². The molecule has 2 N–H and O–H groups in total. The smallest absolute Gasteiger partial charge is 0.273 e. The van der Waals surface area contributed by atoms with Gasteiger partial charge in [-0.2, -0.15) is 0 Å². The SMILES string of the molecule is CC(=O)c1c(C)[nH]c(C(=O)Nc2ccc(N3CCCCC3)cn2)c1C. The molecule has 6 heteroatoms. The lowest BCUT2D eigenvalue weighted by atomic mass is 10.1. The number of aryl methyl sites for hydroxylation is 1. The Kier molecular flexibility index (Phi) is 4.88. The highest BCUT2D eigenvalue weighted by Crippen LogP contribution is 2.22. The number of carbonyl (C=O) groups excluding carboxylic acids is 2. The molecule has 0 unspecified atom stereocenters. The Morgan fingerprint density at radius 3 is 2.44 bits per heavy atom. The predicted molar refractivity (Wildman–Crippen MR) is 98.5 cm³/mol. The minimum Gasteiger partial charge on any atom is -0.370 e. The monoisotopic (exact) mass is 340 g/mol. The van der Waals surface area contributed by atoms with Crippen molar-refractivity contribution in [2.45, 2.75) is 40.0 Å². The summed E-state index contributed by atoms with van der Waals surface area (Å²) in [5.41, 5.74) is 3.46. The van der Waals surface area contributed by atoms with E-state index in [1.165, 1.54) is 26.2 Å². The van der Waals surface area contributed by atoms with Gasteiger partial charge in [0.15, 0.2) is 5.78 Å². The maximum absolute atomic E-state index is 12.5. The van der Waals surface area contributed by atoms with Crippen molar-refractivity contribution in [3.05, 3.63) is 40.8 Å². The summed E-state index contributed by atoms with van der Waals surface area (Å²) in [6.07, 6.45) is 5.51. The fourth-order valence-corrected chi connectivity index (χ4v) is 3.48. The Hall–Kier alpha value is -2.63. The van der Waals surface area contributed by atoms with Gasteiger partial charge >= 0.3 is 0 Å². The zero-order chi connectivity index (χ0) is 18.0. The van der Waals surface area contributed by atoms with Crippen LogP contribution in [-0.4, -0.2) is 34.7 Å². The third-order valence-corrected chi connectivity index (χ3v) is 4.73. The van der Waals surface area contributed by atoms with Gasteiger partial charge in [0.2, 0.25) is 0 Å². The van der Waals surface area contributed by atoms with Gasteiger partial charge in [-0.25, -0.2) is 4.98 Å². The highest BCUT2D eigenvalue weighted by Gasteiger charge is 2.20. The van der Waals surface area contributed by atoms with Crippen LogP contribution < -0.4 is 10.2 Å². The van der Waals surface area contributed by atoms with Crippen molar-refractivity contribution in [3.63, 3.8) is 0 Å². The highest BCUT2D eigenvalue weighted by atomic mass is 16.2. The van der Waals surface area contributed by atoms with Crippen LogP contribution in [0.1, 0.15) is 58.3 Å². The number of amides is 1. The van der Waals surface area contributed by atoms with E-state index in [-0.39, 0.29) is 11.7 Å². The molecular weight excluding hydrogens is 316 g/mol. The first-order valence-electron chi connectivity index (χ1n) is 8.70. The number of nitrogens with zero attached hydrogens (tertiary/aromatic N) is 2. The summed E-state index contributed by atoms with van der Waals surface area (Å²) in [6, 6.07) is 3.81. The number of carbonyl (C=O) groups is 2. The third-order valence-electron chi connectivity index (χ3n) is 4.73. The van der Waals surface area contributed by atoms with E-state index >= 15 is 0 Å². The number of nitrogens with one attached hydrogen (secondary N) is 2. The number of aromatic nitrogens is 2. The number of pyridine rings is 1. The van der Waals surface area contributed by atoms with Gasteiger partial charge in [0.1, 0.15) is 11.5 Å². The molecule has 2 aromatic rings. The maximum atomic E-state index is 12.5. The number of hydrogen-bond donors (Lipinski definition) is 2. The number of Topliss-reactive ketones (excluding diaryl/α,β-unsaturated/α-hetero) is 1. The van der Waals surface area contributed by atoms with E-state index < -0.39 is 0 Å².